The number of rotatable bonds is 4. The van der Waals surface area contributed by atoms with Gasteiger partial charge in [0.2, 0.25) is 0 Å². The van der Waals surface area contributed by atoms with Crippen LogP contribution in [0.5, 0.6) is 0 Å². The average Bonchev–Trinajstić information content (AvgIpc) is 3.22. The fraction of sp³-hybridized carbons (Fsp3) is 0.316. The van der Waals surface area contributed by atoms with Crippen LogP contribution >= 0.6 is 34.3 Å². The summed E-state index contributed by atoms with van der Waals surface area (Å²) < 4.78 is 1.18. The Kier molecular flexibility index (Phi) is 4.82. The maximum absolute atomic E-state index is 6.39. The van der Waals surface area contributed by atoms with Gasteiger partial charge >= 0.3 is 0 Å². The van der Waals surface area contributed by atoms with Gasteiger partial charge in [0.25, 0.3) is 0 Å². The Bertz CT molecular complexity index is 915. The molecule has 0 aromatic carbocycles. The molecule has 4 rings (SSSR count). The molecular weight excluding hydrogens is 370 g/mol. The number of aryl methyl sites for hydroxylation is 1. The zero-order chi connectivity index (χ0) is 17.4. The van der Waals surface area contributed by atoms with Gasteiger partial charge in [-0.05, 0) is 36.8 Å². The number of pyridine rings is 1. The highest BCUT2D eigenvalue weighted by molar-refractivity contribution is 7.20. The molecule has 0 radical (unpaired) electrons. The molecule has 0 fully saturated rings. The molecule has 130 valence electrons. The van der Waals surface area contributed by atoms with Crippen molar-refractivity contribution in [2.45, 2.75) is 38.3 Å². The molecule has 0 unspecified atom stereocenters. The summed E-state index contributed by atoms with van der Waals surface area (Å²) in [7, 11) is 0. The Hall–Kier alpha value is -1.40. The first-order chi connectivity index (χ1) is 12.1. The van der Waals surface area contributed by atoms with Gasteiger partial charge in [-0.3, -0.25) is 0 Å². The Balaban J connectivity index is 1.73. The van der Waals surface area contributed by atoms with Crippen LogP contribution in [-0.4, -0.2) is 11.0 Å². The highest BCUT2D eigenvalue weighted by atomic mass is 35.5. The lowest BCUT2D eigenvalue weighted by Gasteiger charge is -2.24. The monoisotopic (exact) mass is 389 g/mol. The standard InChI is InChI=1S/C19H20ClN3S2/c1-11-17-19(25-18(11)13-6-2-3-7-14(13)21)15(9-16(20)23-17)22-10-12-5-4-8-24-12/h2-5,8-9,13-14H,6-7,10,21H2,1H3,(H,22,23)/t13-,14-/m0/s1. The summed E-state index contributed by atoms with van der Waals surface area (Å²) in [4.78, 5) is 7.25. The smallest absolute Gasteiger partial charge is 0.131 e. The van der Waals surface area contributed by atoms with Crippen molar-refractivity contribution < 1.29 is 0 Å². The van der Waals surface area contributed by atoms with Gasteiger partial charge in [-0.25, -0.2) is 4.98 Å². The maximum atomic E-state index is 6.39. The minimum atomic E-state index is 0.176. The summed E-state index contributed by atoms with van der Waals surface area (Å²) in [5.74, 6) is 0.369. The number of fused-ring (bicyclic) bond motifs is 1. The lowest BCUT2D eigenvalue weighted by Crippen LogP contribution is -2.29. The third-order valence-corrected chi connectivity index (χ3v) is 7.25. The highest BCUT2D eigenvalue weighted by Gasteiger charge is 2.26. The minimum Gasteiger partial charge on any atom is -0.379 e. The molecule has 3 nitrogen and oxygen atoms in total. The third-order valence-electron chi connectivity index (χ3n) is 4.73. The summed E-state index contributed by atoms with van der Waals surface area (Å²) >= 11 is 9.86. The molecule has 25 heavy (non-hydrogen) atoms. The van der Waals surface area contributed by atoms with E-state index in [1.807, 2.05) is 17.4 Å². The van der Waals surface area contributed by atoms with Crippen molar-refractivity contribution >= 4 is 50.2 Å². The quantitative estimate of drug-likeness (QED) is 0.445. The lowest BCUT2D eigenvalue weighted by molar-refractivity contribution is 0.526. The Morgan fingerprint density at radius 3 is 2.96 bits per heavy atom. The van der Waals surface area contributed by atoms with E-state index in [0.29, 0.717) is 11.1 Å². The summed E-state index contributed by atoms with van der Waals surface area (Å²) in [5.41, 5.74) is 9.67. The van der Waals surface area contributed by atoms with Gasteiger partial charge in [-0.1, -0.05) is 29.8 Å². The predicted octanol–water partition coefficient (Wildman–Crippen LogP) is 5.69. The molecule has 1 aliphatic rings. The molecular formula is C19H20ClN3S2. The van der Waals surface area contributed by atoms with Crippen molar-refractivity contribution in [2.24, 2.45) is 5.73 Å². The van der Waals surface area contributed by atoms with E-state index in [0.717, 1.165) is 30.6 Å². The zero-order valence-electron chi connectivity index (χ0n) is 14.0. The number of nitrogens with two attached hydrogens (primary N) is 1. The van der Waals surface area contributed by atoms with E-state index in [9.17, 15) is 0 Å². The van der Waals surface area contributed by atoms with Gasteiger partial charge in [0.05, 0.1) is 15.9 Å². The van der Waals surface area contributed by atoms with E-state index in [-0.39, 0.29) is 6.04 Å². The van der Waals surface area contributed by atoms with Crippen LogP contribution in [0.4, 0.5) is 5.69 Å². The predicted molar refractivity (Wildman–Crippen MR) is 110 cm³/mol. The van der Waals surface area contributed by atoms with Crippen LogP contribution in [0, 0.1) is 6.92 Å². The van der Waals surface area contributed by atoms with Crippen LogP contribution in [0.15, 0.2) is 35.7 Å². The van der Waals surface area contributed by atoms with Crippen molar-refractivity contribution in [1.29, 1.82) is 0 Å². The van der Waals surface area contributed by atoms with E-state index in [1.54, 1.807) is 11.3 Å². The summed E-state index contributed by atoms with van der Waals surface area (Å²) in [6.07, 6.45) is 6.37. The second-order valence-corrected chi connectivity index (χ2v) is 8.88. The maximum Gasteiger partial charge on any atom is 0.131 e. The summed E-state index contributed by atoms with van der Waals surface area (Å²) in [5, 5.41) is 6.16. The molecule has 0 spiro atoms. The van der Waals surface area contributed by atoms with Crippen LogP contribution in [0.2, 0.25) is 5.15 Å². The fourth-order valence-corrected chi connectivity index (χ4v) is 5.65. The van der Waals surface area contributed by atoms with Crippen molar-refractivity contribution in [3.8, 4) is 0 Å². The average molecular weight is 390 g/mol. The van der Waals surface area contributed by atoms with Gasteiger partial charge in [-0.2, -0.15) is 0 Å². The van der Waals surface area contributed by atoms with E-state index < -0.39 is 0 Å². The molecule has 0 aliphatic heterocycles. The van der Waals surface area contributed by atoms with Crippen LogP contribution in [0.1, 0.15) is 34.1 Å². The Morgan fingerprint density at radius 1 is 1.36 bits per heavy atom. The van der Waals surface area contributed by atoms with Gasteiger partial charge in [0.1, 0.15) is 5.15 Å². The first kappa shape index (κ1) is 17.0. The first-order valence-electron chi connectivity index (χ1n) is 8.40. The van der Waals surface area contributed by atoms with Crippen LogP contribution in [0.25, 0.3) is 10.2 Å². The number of hydrogen-bond donors (Lipinski definition) is 2. The van der Waals surface area contributed by atoms with Crippen molar-refractivity contribution in [3.63, 3.8) is 0 Å². The molecule has 0 amide bonds. The van der Waals surface area contributed by atoms with E-state index in [1.165, 1.54) is 20.0 Å². The number of anilines is 1. The molecule has 0 bridgehead atoms. The van der Waals surface area contributed by atoms with Gasteiger partial charge < -0.3 is 11.1 Å². The van der Waals surface area contributed by atoms with E-state index >= 15 is 0 Å². The molecule has 0 saturated carbocycles. The summed E-state index contributed by atoms with van der Waals surface area (Å²) in [6, 6.07) is 6.31. The molecule has 2 atom stereocenters. The van der Waals surface area contributed by atoms with Crippen molar-refractivity contribution in [1.82, 2.24) is 4.98 Å². The molecule has 3 N–H and O–H groups in total. The summed E-state index contributed by atoms with van der Waals surface area (Å²) in [6.45, 7) is 2.94. The van der Waals surface area contributed by atoms with E-state index in [2.05, 4.69) is 46.9 Å². The molecule has 0 saturated heterocycles. The van der Waals surface area contributed by atoms with Gasteiger partial charge in [0.15, 0.2) is 0 Å². The number of allylic oxidation sites excluding steroid dienone is 1. The third kappa shape index (κ3) is 3.34. The Morgan fingerprint density at radius 2 is 2.20 bits per heavy atom. The number of halogens is 1. The van der Waals surface area contributed by atoms with Gasteiger partial charge in [0, 0.05) is 34.3 Å². The van der Waals surface area contributed by atoms with Crippen molar-refractivity contribution in [3.05, 3.63) is 56.2 Å². The largest absolute Gasteiger partial charge is 0.379 e. The van der Waals surface area contributed by atoms with Crippen LogP contribution in [0.3, 0.4) is 0 Å². The molecule has 3 heterocycles. The number of aromatic nitrogens is 1. The number of thiophene rings is 2. The molecule has 3 aromatic heterocycles. The molecule has 6 heteroatoms. The van der Waals surface area contributed by atoms with E-state index in [4.69, 9.17) is 17.3 Å². The second-order valence-electron chi connectivity index (χ2n) is 6.41. The normalized spacial score (nSPS) is 20.3. The SMILES string of the molecule is Cc1c([C@H]2CC=CC[C@@H]2N)sc2c(NCc3cccs3)cc(Cl)nc12. The highest BCUT2D eigenvalue weighted by Crippen LogP contribution is 2.42. The minimum absolute atomic E-state index is 0.176. The van der Waals surface area contributed by atoms with Gasteiger partial charge in [-0.15, -0.1) is 22.7 Å². The Labute approximate surface area is 160 Å². The number of hydrogen-bond acceptors (Lipinski definition) is 5. The second kappa shape index (κ2) is 7.08. The number of nitrogens with zero attached hydrogens (tertiary/aromatic N) is 1. The van der Waals surface area contributed by atoms with Crippen LogP contribution < -0.4 is 11.1 Å². The number of nitrogens with one attached hydrogen (secondary N) is 1. The van der Waals surface area contributed by atoms with Crippen molar-refractivity contribution in [2.75, 3.05) is 5.32 Å². The lowest BCUT2D eigenvalue weighted by atomic mass is 9.87. The molecule has 1 aliphatic carbocycles. The zero-order valence-corrected chi connectivity index (χ0v) is 16.3. The first-order valence-corrected chi connectivity index (χ1v) is 10.5. The van der Waals surface area contributed by atoms with Crippen LogP contribution in [-0.2, 0) is 6.54 Å². The topological polar surface area (TPSA) is 50.9 Å². The fourth-order valence-electron chi connectivity index (χ4n) is 3.38. The molecule has 3 aromatic rings.